The smallest absolute Gasteiger partial charge is 0.351 e. The molecule has 4 aromatic carbocycles. The Balaban J connectivity index is 1.08. The SMILES string of the molecule is COc1ccc(C(OC[C@H]2O[C@@H](n3ccc(N)nc3=O)C(OCCCCCCN3C(=O)c4ccccc4C3=O)[C@H]2O)(c2ccccc2)c2ccc(OC)cc2)cc1. The van der Waals surface area contributed by atoms with Gasteiger partial charge in [-0.25, -0.2) is 4.79 Å². The first-order valence-electron chi connectivity index (χ1n) is 19.0. The summed E-state index contributed by atoms with van der Waals surface area (Å²) in [5, 5.41) is 11.9. The Labute approximate surface area is 330 Å². The molecule has 7 rings (SSSR count). The number of aromatic nitrogens is 2. The second-order valence-corrected chi connectivity index (χ2v) is 14.0. The van der Waals surface area contributed by atoms with Gasteiger partial charge in [0.15, 0.2) is 6.23 Å². The highest BCUT2D eigenvalue weighted by Crippen LogP contribution is 2.43. The van der Waals surface area contributed by atoms with Crippen LogP contribution in [0.3, 0.4) is 0 Å². The molecule has 296 valence electrons. The fourth-order valence-electron chi connectivity index (χ4n) is 7.55. The number of imide groups is 1. The van der Waals surface area contributed by atoms with E-state index < -0.39 is 35.8 Å². The number of aliphatic hydroxyl groups excluding tert-OH is 1. The molecule has 1 unspecified atom stereocenters. The number of nitrogens with zero attached hydrogens (tertiary/aromatic N) is 3. The number of aliphatic hydroxyl groups is 1. The minimum atomic E-state index is -1.20. The number of carbonyl (C=O) groups is 2. The first-order chi connectivity index (χ1) is 27.7. The molecule has 57 heavy (non-hydrogen) atoms. The molecule has 13 nitrogen and oxygen atoms in total. The van der Waals surface area contributed by atoms with Crippen LogP contribution in [0.15, 0.2) is 120 Å². The van der Waals surface area contributed by atoms with Crippen molar-refractivity contribution in [1.29, 1.82) is 0 Å². The van der Waals surface area contributed by atoms with E-state index in [-0.39, 0.29) is 30.8 Å². The normalized spacial score (nSPS) is 19.2. The number of rotatable bonds is 17. The number of methoxy groups -OCH3 is 2. The Morgan fingerprint density at radius 3 is 1.88 bits per heavy atom. The molecule has 3 heterocycles. The number of hydrogen-bond donors (Lipinski definition) is 2. The monoisotopic (exact) mass is 774 g/mol. The second kappa shape index (κ2) is 17.5. The molecule has 0 saturated carbocycles. The Morgan fingerprint density at radius 2 is 1.30 bits per heavy atom. The fourth-order valence-corrected chi connectivity index (χ4v) is 7.55. The zero-order valence-electron chi connectivity index (χ0n) is 31.9. The average molecular weight is 775 g/mol. The van der Waals surface area contributed by atoms with Crippen molar-refractivity contribution < 1.29 is 38.4 Å². The van der Waals surface area contributed by atoms with E-state index >= 15 is 0 Å². The van der Waals surface area contributed by atoms with E-state index in [1.54, 1.807) is 38.5 Å². The van der Waals surface area contributed by atoms with Crippen LogP contribution in [-0.4, -0.2) is 83.7 Å². The number of fused-ring (bicyclic) bond motifs is 1. The van der Waals surface area contributed by atoms with Crippen molar-refractivity contribution >= 4 is 17.6 Å². The molecule has 3 N–H and O–H groups in total. The molecule has 2 aliphatic rings. The number of nitrogen functional groups attached to an aromatic ring is 1. The highest BCUT2D eigenvalue weighted by Gasteiger charge is 2.48. The largest absolute Gasteiger partial charge is 0.497 e. The number of unbranched alkanes of at least 4 members (excludes halogenated alkanes) is 3. The van der Waals surface area contributed by atoms with Gasteiger partial charge in [0.2, 0.25) is 0 Å². The maximum atomic E-state index is 13.1. The predicted octanol–water partition coefficient (Wildman–Crippen LogP) is 5.35. The van der Waals surface area contributed by atoms with Crippen LogP contribution < -0.4 is 20.9 Å². The topological polar surface area (TPSA) is 165 Å². The van der Waals surface area contributed by atoms with Crippen molar-refractivity contribution in [2.45, 2.75) is 55.8 Å². The Bertz CT molecular complexity index is 2130. The summed E-state index contributed by atoms with van der Waals surface area (Å²) in [5.74, 6) is 0.886. The Hall–Kier alpha value is -5.86. The third kappa shape index (κ3) is 8.05. The van der Waals surface area contributed by atoms with Crippen LogP contribution in [0.25, 0.3) is 0 Å². The van der Waals surface area contributed by atoms with Crippen LogP contribution in [0.4, 0.5) is 5.82 Å². The molecule has 2 amide bonds. The quantitative estimate of drug-likeness (QED) is 0.0711. The molecule has 0 spiro atoms. The lowest BCUT2D eigenvalue weighted by Crippen LogP contribution is -2.40. The first kappa shape index (κ1) is 39.4. The molecule has 1 fully saturated rings. The molecule has 1 aromatic heterocycles. The van der Waals surface area contributed by atoms with Crippen LogP contribution in [0.5, 0.6) is 11.5 Å². The van der Waals surface area contributed by atoms with Gasteiger partial charge in [0.05, 0.1) is 32.0 Å². The number of benzene rings is 4. The van der Waals surface area contributed by atoms with Gasteiger partial charge in [-0.05, 0) is 72.0 Å². The van der Waals surface area contributed by atoms with Crippen molar-refractivity contribution in [1.82, 2.24) is 14.5 Å². The van der Waals surface area contributed by atoms with Gasteiger partial charge in [0.1, 0.15) is 41.2 Å². The summed E-state index contributed by atoms with van der Waals surface area (Å²) in [5.41, 5.74) is 7.30. The van der Waals surface area contributed by atoms with Crippen molar-refractivity contribution in [3.8, 4) is 11.5 Å². The summed E-state index contributed by atoms with van der Waals surface area (Å²) in [6.45, 7) is 0.487. The van der Waals surface area contributed by atoms with E-state index in [0.717, 1.165) is 29.5 Å². The van der Waals surface area contributed by atoms with Crippen LogP contribution in [-0.2, 0) is 19.8 Å². The lowest BCUT2D eigenvalue weighted by Gasteiger charge is -2.37. The molecule has 0 bridgehead atoms. The standard InChI is InChI=1S/C44H46N4O9/c1-53-32-20-16-30(17-21-32)44(29-12-6-5-7-13-29,31-18-22-33(54-2)23-19-31)56-28-36-38(49)39(42(57-36)48-26-24-37(45)46-43(48)52)55-27-11-4-3-10-25-47-40(50)34-14-8-9-15-35(34)41(47)51/h5-9,12-24,26,36,38-39,42,49H,3-4,10-11,25,27-28H2,1-2H3,(H2,45,46,52)/t36-,38+,39?,42-/m1/s1. The van der Waals surface area contributed by atoms with E-state index in [9.17, 15) is 19.5 Å². The van der Waals surface area contributed by atoms with E-state index in [1.165, 1.54) is 21.7 Å². The van der Waals surface area contributed by atoms with Crippen molar-refractivity contribution in [2.24, 2.45) is 0 Å². The first-order valence-corrected chi connectivity index (χ1v) is 19.0. The van der Waals surface area contributed by atoms with Gasteiger partial charge in [-0.15, -0.1) is 0 Å². The summed E-state index contributed by atoms with van der Waals surface area (Å²) in [6, 6.07) is 33.3. The number of amides is 2. The van der Waals surface area contributed by atoms with Gasteiger partial charge >= 0.3 is 5.69 Å². The third-order valence-corrected chi connectivity index (χ3v) is 10.5. The number of ether oxygens (including phenoxy) is 5. The van der Waals surface area contributed by atoms with Gasteiger partial charge in [0, 0.05) is 19.3 Å². The molecule has 5 aromatic rings. The average Bonchev–Trinajstić information content (AvgIpc) is 3.68. The summed E-state index contributed by atoms with van der Waals surface area (Å²) in [7, 11) is 3.22. The van der Waals surface area contributed by atoms with Gasteiger partial charge in [-0.1, -0.05) is 79.6 Å². The van der Waals surface area contributed by atoms with E-state index in [0.29, 0.717) is 42.0 Å². The summed E-state index contributed by atoms with van der Waals surface area (Å²) >= 11 is 0. The summed E-state index contributed by atoms with van der Waals surface area (Å²) < 4.78 is 32.0. The zero-order valence-corrected chi connectivity index (χ0v) is 31.9. The fraction of sp³-hybridized carbons (Fsp3) is 0.318. The molecule has 13 heteroatoms. The number of carbonyl (C=O) groups excluding carboxylic acids is 2. The summed E-state index contributed by atoms with van der Waals surface area (Å²) in [4.78, 5) is 43.7. The van der Waals surface area contributed by atoms with Crippen LogP contribution in [0.1, 0.15) is 69.3 Å². The molecular formula is C44H46N4O9. The number of nitrogens with two attached hydrogens (primary N) is 1. The van der Waals surface area contributed by atoms with Gasteiger partial charge in [-0.2, -0.15) is 4.98 Å². The maximum Gasteiger partial charge on any atom is 0.351 e. The van der Waals surface area contributed by atoms with Crippen LogP contribution in [0, 0.1) is 0 Å². The highest BCUT2D eigenvalue weighted by atomic mass is 16.6. The van der Waals surface area contributed by atoms with E-state index in [2.05, 4.69) is 4.98 Å². The van der Waals surface area contributed by atoms with Crippen molar-refractivity contribution in [3.05, 3.63) is 154 Å². The van der Waals surface area contributed by atoms with Crippen molar-refractivity contribution in [3.63, 3.8) is 0 Å². The van der Waals surface area contributed by atoms with E-state index in [1.807, 2.05) is 78.9 Å². The molecular weight excluding hydrogens is 729 g/mol. The number of hydrogen-bond acceptors (Lipinski definition) is 11. The number of anilines is 1. The van der Waals surface area contributed by atoms with Gasteiger partial charge in [-0.3, -0.25) is 19.1 Å². The lowest BCUT2D eigenvalue weighted by atomic mass is 9.80. The van der Waals surface area contributed by atoms with Crippen LogP contribution >= 0.6 is 0 Å². The Kier molecular flexibility index (Phi) is 12.1. The molecule has 0 radical (unpaired) electrons. The summed E-state index contributed by atoms with van der Waals surface area (Å²) in [6.07, 6.45) is 0.128. The minimum Gasteiger partial charge on any atom is -0.497 e. The molecule has 1 saturated heterocycles. The zero-order chi connectivity index (χ0) is 39.9. The van der Waals surface area contributed by atoms with Crippen molar-refractivity contribution in [2.75, 3.05) is 39.7 Å². The predicted molar refractivity (Wildman–Crippen MR) is 211 cm³/mol. The van der Waals surface area contributed by atoms with E-state index in [4.69, 9.17) is 29.4 Å². The van der Waals surface area contributed by atoms with Crippen LogP contribution in [0.2, 0.25) is 0 Å². The maximum absolute atomic E-state index is 13.1. The van der Waals surface area contributed by atoms with Gasteiger partial charge < -0.3 is 34.5 Å². The molecule has 4 atom stereocenters. The minimum absolute atomic E-state index is 0.0555. The highest BCUT2D eigenvalue weighted by molar-refractivity contribution is 6.21. The molecule has 0 aliphatic carbocycles. The second-order valence-electron chi connectivity index (χ2n) is 14.0. The Morgan fingerprint density at radius 1 is 0.737 bits per heavy atom. The lowest BCUT2D eigenvalue weighted by molar-refractivity contribution is -0.0982. The van der Waals surface area contributed by atoms with Gasteiger partial charge in [0.25, 0.3) is 11.8 Å². The molecule has 2 aliphatic heterocycles. The third-order valence-electron chi connectivity index (χ3n) is 10.5.